The molecule has 1 aromatic carbocycles. The van der Waals surface area contributed by atoms with Crippen LogP contribution in [-0.2, 0) is 9.47 Å². The Balaban J connectivity index is 1.58. The number of methoxy groups -OCH3 is 1. The first-order valence-electron chi connectivity index (χ1n) is 8.82. The van der Waals surface area contributed by atoms with Crippen LogP contribution in [0.3, 0.4) is 0 Å². The zero-order valence-electron chi connectivity index (χ0n) is 15.1. The van der Waals surface area contributed by atoms with E-state index in [4.69, 9.17) is 9.47 Å². The molecule has 1 amide bonds. The fourth-order valence-electron chi connectivity index (χ4n) is 2.76. The normalized spacial score (nSPS) is 14.4. The number of nitrogens with one attached hydrogen (secondary N) is 1. The zero-order chi connectivity index (χ0) is 19.1. The number of amides is 1. The monoisotopic (exact) mass is 370 g/mol. The fourth-order valence-corrected chi connectivity index (χ4v) is 2.76. The maximum Gasteiger partial charge on any atom is 0.337 e. The van der Waals surface area contributed by atoms with E-state index in [-0.39, 0.29) is 5.91 Å². The largest absolute Gasteiger partial charge is 0.477 e. The molecule has 1 aliphatic rings. The zero-order valence-corrected chi connectivity index (χ0v) is 15.1. The average Bonchev–Trinajstić information content (AvgIpc) is 2.73. The highest BCUT2D eigenvalue weighted by Gasteiger charge is 2.15. The topological polar surface area (TPSA) is 86.8 Å². The van der Waals surface area contributed by atoms with Gasteiger partial charge in [-0.25, -0.2) is 9.78 Å². The highest BCUT2D eigenvalue weighted by molar-refractivity contribution is 6.04. The number of hydrogen-bond acceptors (Lipinski definition) is 6. The van der Waals surface area contributed by atoms with Crippen LogP contribution >= 0.6 is 0 Å². The van der Waals surface area contributed by atoms with Gasteiger partial charge in [-0.1, -0.05) is 0 Å². The van der Waals surface area contributed by atoms with Gasteiger partial charge in [-0.15, -0.1) is 0 Å². The SMILES string of the molecule is COC(=O)c1ccc(NC(=O)c2ccnc(OCC3CCOCC3)c2)cc1. The predicted molar refractivity (Wildman–Crippen MR) is 99.0 cm³/mol. The molecule has 0 saturated carbocycles. The molecule has 0 unspecified atom stereocenters. The first kappa shape index (κ1) is 18.8. The van der Waals surface area contributed by atoms with E-state index in [1.54, 1.807) is 42.6 Å². The molecular formula is C20H22N2O5. The number of anilines is 1. The van der Waals surface area contributed by atoms with Gasteiger partial charge in [0.1, 0.15) is 0 Å². The third-order valence-electron chi connectivity index (χ3n) is 4.37. The first-order valence-corrected chi connectivity index (χ1v) is 8.82. The Kier molecular flexibility index (Phi) is 6.38. The minimum Gasteiger partial charge on any atom is -0.477 e. The lowest BCUT2D eigenvalue weighted by molar-refractivity contribution is 0.0490. The van der Waals surface area contributed by atoms with Crippen LogP contribution in [0.25, 0.3) is 0 Å². The lowest BCUT2D eigenvalue weighted by Gasteiger charge is -2.21. The van der Waals surface area contributed by atoms with Gasteiger partial charge in [0.25, 0.3) is 5.91 Å². The molecule has 0 radical (unpaired) electrons. The van der Waals surface area contributed by atoms with Crippen molar-refractivity contribution < 1.29 is 23.8 Å². The van der Waals surface area contributed by atoms with Gasteiger partial charge in [0.05, 0.1) is 19.3 Å². The third kappa shape index (κ3) is 5.27. The molecule has 2 aromatic rings. The smallest absolute Gasteiger partial charge is 0.337 e. The summed E-state index contributed by atoms with van der Waals surface area (Å²) in [5, 5.41) is 2.78. The van der Waals surface area contributed by atoms with Crippen molar-refractivity contribution in [3.8, 4) is 5.88 Å². The number of nitrogens with zero attached hydrogens (tertiary/aromatic N) is 1. The number of esters is 1. The van der Waals surface area contributed by atoms with E-state index in [0.717, 1.165) is 26.1 Å². The summed E-state index contributed by atoms with van der Waals surface area (Å²) in [6, 6.07) is 9.73. The van der Waals surface area contributed by atoms with Gasteiger partial charge in [-0.3, -0.25) is 4.79 Å². The van der Waals surface area contributed by atoms with E-state index in [1.165, 1.54) is 7.11 Å². The van der Waals surface area contributed by atoms with Gasteiger partial charge in [0.15, 0.2) is 0 Å². The molecule has 3 rings (SSSR count). The molecule has 1 fully saturated rings. The second-order valence-electron chi connectivity index (χ2n) is 6.27. The molecule has 1 aromatic heterocycles. The van der Waals surface area contributed by atoms with Crippen molar-refractivity contribution in [1.29, 1.82) is 0 Å². The Morgan fingerprint density at radius 1 is 1.15 bits per heavy atom. The second kappa shape index (κ2) is 9.14. The molecule has 0 aliphatic carbocycles. The standard InChI is InChI=1S/C20H22N2O5/c1-25-20(24)15-2-4-17(5-3-15)22-19(23)16-6-9-21-18(12-16)27-13-14-7-10-26-11-8-14/h2-6,9,12,14H,7-8,10-11,13H2,1H3,(H,22,23). The van der Waals surface area contributed by atoms with Crippen LogP contribution in [0.1, 0.15) is 33.6 Å². The van der Waals surface area contributed by atoms with Crippen molar-refractivity contribution >= 4 is 17.6 Å². The Labute approximate surface area is 157 Å². The van der Waals surface area contributed by atoms with Crippen LogP contribution < -0.4 is 10.1 Å². The van der Waals surface area contributed by atoms with Crippen LogP contribution in [0.15, 0.2) is 42.6 Å². The highest BCUT2D eigenvalue weighted by atomic mass is 16.5. The molecule has 0 spiro atoms. The van der Waals surface area contributed by atoms with Crippen molar-refractivity contribution in [2.24, 2.45) is 5.92 Å². The number of carbonyl (C=O) groups excluding carboxylic acids is 2. The molecule has 2 heterocycles. The predicted octanol–water partition coefficient (Wildman–Crippen LogP) is 2.93. The number of aromatic nitrogens is 1. The summed E-state index contributed by atoms with van der Waals surface area (Å²) in [4.78, 5) is 28.1. The van der Waals surface area contributed by atoms with Crippen LogP contribution in [0, 0.1) is 5.92 Å². The number of hydrogen-bond donors (Lipinski definition) is 1. The van der Waals surface area contributed by atoms with Gasteiger partial charge < -0.3 is 19.5 Å². The molecule has 0 bridgehead atoms. The van der Waals surface area contributed by atoms with Gasteiger partial charge >= 0.3 is 5.97 Å². The molecular weight excluding hydrogens is 348 g/mol. The molecule has 142 valence electrons. The Morgan fingerprint density at radius 2 is 1.89 bits per heavy atom. The summed E-state index contributed by atoms with van der Waals surface area (Å²) >= 11 is 0. The van der Waals surface area contributed by atoms with Crippen LogP contribution in [0.4, 0.5) is 5.69 Å². The van der Waals surface area contributed by atoms with Crippen LogP contribution in [0.5, 0.6) is 5.88 Å². The second-order valence-corrected chi connectivity index (χ2v) is 6.27. The summed E-state index contributed by atoms with van der Waals surface area (Å²) in [6.07, 6.45) is 3.50. The maximum absolute atomic E-state index is 12.4. The molecule has 0 atom stereocenters. The van der Waals surface area contributed by atoms with Gasteiger partial charge in [-0.2, -0.15) is 0 Å². The Hall–Kier alpha value is -2.93. The van der Waals surface area contributed by atoms with E-state index < -0.39 is 5.97 Å². The summed E-state index contributed by atoms with van der Waals surface area (Å²) in [5.41, 5.74) is 1.45. The fraction of sp³-hybridized carbons (Fsp3) is 0.350. The summed E-state index contributed by atoms with van der Waals surface area (Å²) in [6.45, 7) is 2.09. The molecule has 1 N–H and O–H groups in total. The minimum absolute atomic E-state index is 0.279. The Bertz CT molecular complexity index is 785. The molecule has 27 heavy (non-hydrogen) atoms. The van der Waals surface area contributed by atoms with Gasteiger partial charge in [-0.05, 0) is 49.1 Å². The van der Waals surface area contributed by atoms with Gasteiger partial charge in [0, 0.05) is 36.7 Å². The number of carbonyl (C=O) groups is 2. The number of benzene rings is 1. The van der Waals surface area contributed by atoms with Crippen molar-refractivity contribution in [3.63, 3.8) is 0 Å². The van der Waals surface area contributed by atoms with Crippen molar-refractivity contribution in [2.45, 2.75) is 12.8 Å². The lowest BCUT2D eigenvalue weighted by atomic mass is 10.0. The average molecular weight is 370 g/mol. The summed E-state index contributed by atoms with van der Waals surface area (Å²) in [7, 11) is 1.32. The lowest BCUT2D eigenvalue weighted by Crippen LogP contribution is -2.21. The quantitative estimate of drug-likeness (QED) is 0.787. The van der Waals surface area contributed by atoms with Crippen molar-refractivity contribution in [3.05, 3.63) is 53.7 Å². The van der Waals surface area contributed by atoms with E-state index in [1.807, 2.05) is 0 Å². The van der Waals surface area contributed by atoms with Crippen LogP contribution in [0.2, 0.25) is 0 Å². The first-order chi connectivity index (χ1) is 13.2. The van der Waals surface area contributed by atoms with E-state index in [0.29, 0.717) is 35.2 Å². The molecule has 1 saturated heterocycles. The van der Waals surface area contributed by atoms with E-state index >= 15 is 0 Å². The summed E-state index contributed by atoms with van der Waals surface area (Å²) in [5.74, 6) is 0.175. The molecule has 1 aliphatic heterocycles. The number of rotatable bonds is 6. The summed E-state index contributed by atoms with van der Waals surface area (Å²) < 4.78 is 15.7. The molecule has 7 nitrogen and oxygen atoms in total. The van der Waals surface area contributed by atoms with Crippen molar-refractivity contribution in [1.82, 2.24) is 4.98 Å². The van der Waals surface area contributed by atoms with E-state index in [9.17, 15) is 9.59 Å². The Morgan fingerprint density at radius 3 is 2.59 bits per heavy atom. The molecule has 7 heteroatoms. The van der Waals surface area contributed by atoms with Gasteiger partial charge in [0.2, 0.25) is 5.88 Å². The minimum atomic E-state index is -0.423. The maximum atomic E-state index is 12.4. The van der Waals surface area contributed by atoms with E-state index in [2.05, 4.69) is 15.0 Å². The van der Waals surface area contributed by atoms with Crippen LogP contribution in [-0.4, -0.2) is 43.8 Å². The highest BCUT2D eigenvalue weighted by Crippen LogP contribution is 2.18. The third-order valence-corrected chi connectivity index (χ3v) is 4.37. The number of pyridine rings is 1. The van der Waals surface area contributed by atoms with Crippen molar-refractivity contribution in [2.75, 3.05) is 32.2 Å². The number of ether oxygens (including phenoxy) is 3.